The lowest BCUT2D eigenvalue weighted by Crippen LogP contribution is -2.43. The number of benzene rings is 2. The van der Waals surface area contributed by atoms with E-state index >= 15 is 0 Å². The quantitative estimate of drug-likeness (QED) is 0.538. The van der Waals surface area contributed by atoms with E-state index in [1.807, 2.05) is 36.4 Å². The van der Waals surface area contributed by atoms with Crippen LogP contribution in [0.15, 0.2) is 53.4 Å². The zero-order valence-electron chi connectivity index (χ0n) is 15.7. The highest BCUT2D eigenvalue weighted by Gasteiger charge is 2.22. The minimum absolute atomic E-state index is 0.224. The van der Waals surface area contributed by atoms with Gasteiger partial charge >= 0.3 is 0 Å². The van der Waals surface area contributed by atoms with Gasteiger partial charge in [0.15, 0.2) is 0 Å². The number of thioether (sulfide) groups is 1. The second-order valence-electron chi connectivity index (χ2n) is 6.38. The molecule has 29 heavy (non-hydrogen) atoms. The fourth-order valence-electron chi connectivity index (χ4n) is 2.92. The molecule has 8 heteroatoms. The maximum atomic E-state index is 11.9. The second kappa shape index (κ2) is 10.7. The molecule has 2 aliphatic heterocycles. The van der Waals surface area contributed by atoms with E-state index in [0.717, 1.165) is 37.4 Å². The van der Waals surface area contributed by atoms with Crippen molar-refractivity contribution in [2.45, 2.75) is 0 Å². The summed E-state index contributed by atoms with van der Waals surface area (Å²) in [5.41, 5.74) is 2.16. The number of halogens is 2. The molecule has 152 valence electrons. The molecule has 2 fully saturated rings. The van der Waals surface area contributed by atoms with Crippen LogP contribution >= 0.6 is 35.0 Å². The van der Waals surface area contributed by atoms with E-state index in [-0.39, 0.29) is 11.8 Å². The van der Waals surface area contributed by atoms with Crippen LogP contribution in [0.5, 0.6) is 0 Å². The van der Waals surface area contributed by atoms with Crippen LogP contribution in [0.1, 0.15) is 5.56 Å². The highest BCUT2D eigenvalue weighted by atomic mass is 35.5. The highest BCUT2D eigenvalue weighted by molar-refractivity contribution is 8.04. The number of carbonyl (C=O) groups is 2. The summed E-state index contributed by atoms with van der Waals surface area (Å²) in [6.45, 7) is 3.85. The zero-order valence-corrected chi connectivity index (χ0v) is 18.0. The van der Waals surface area contributed by atoms with Crippen molar-refractivity contribution < 1.29 is 9.59 Å². The molecule has 2 aliphatic rings. The average molecular weight is 450 g/mol. The SMILES string of the molecule is Clc1ccccc1Cl.O=C1CS/C(=C\c2ccccc2N2CCNCC2)C(=O)N1. The zero-order chi connectivity index (χ0) is 20.6. The molecule has 2 amide bonds. The molecule has 2 N–H and O–H groups in total. The van der Waals surface area contributed by atoms with Gasteiger partial charge in [0.25, 0.3) is 5.91 Å². The van der Waals surface area contributed by atoms with E-state index in [1.165, 1.54) is 11.8 Å². The molecule has 0 atom stereocenters. The first-order chi connectivity index (χ1) is 14.0. The predicted octanol–water partition coefficient (Wildman–Crippen LogP) is 3.82. The summed E-state index contributed by atoms with van der Waals surface area (Å²) in [6.07, 6.45) is 1.88. The van der Waals surface area contributed by atoms with Crippen LogP contribution < -0.4 is 15.5 Å². The van der Waals surface area contributed by atoms with Gasteiger partial charge in [0, 0.05) is 31.9 Å². The number of para-hydroxylation sites is 1. The van der Waals surface area contributed by atoms with Gasteiger partial charge in [0.05, 0.1) is 20.7 Å². The Hall–Kier alpha value is -1.99. The summed E-state index contributed by atoms with van der Waals surface area (Å²) in [6, 6.07) is 15.3. The molecule has 4 rings (SSSR count). The fourth-order valence-corrected chi connectivity index (χ4v) is 3.95. The van der Waals surface area contributed by atoms with Gasteiger partial charge in [-0.2, -0.15) is 0 Å². The molecule has 2 aromatic carbocycles. The summed E-state index contributed by atoms with van der Waals surface area (Å²) in [5.74, 6) is -0.225. The number of amides is 2. The monoisotopic (exact) mass is 449 g/mol. The van der Waals surface area contributed by atoms with E-state index < -0.39 is 0 Å². The summed E-state index contributed by atoms with van der Waals surface area (Å²) >= 11 is 12.5. The summed E-state index contributed by atoms with van der Waals surface area (Å²) < 4.78 is 0. The van der Waals surface area contributed by atoms with Crippen molar-refractivity contribution in [1.29, 1.82) is 0 Å². The summed E-state index contributed by atoms with van der Waals surface area (Å²) in [4.78, 5) is 26.0. The Morgan fingerprint density at radius 1 is 0.931 bits per heavy atom. The Bertz CT molecular complexity index is 893. The first kappa shape index (κ1) is 21.7. The van der Waals surface area contributed by atoms with Gasteiger partial charge in [-0.25, -0.2) is 0 Å². The van der Waals surface area contributed by atoms with Crippen LogP contribution in [0.4, 0.5) is 5.69 Å². The van der Waals surface area contributed by atoms with E-state index in [0.29, 0.717) is 20.7 Å². The number of piperazine rings is 1. The normalized spacial score (nSPS) is 18.1. The number of hydrogen-bond acceptors (Lipinski definition) is 5. The molecular weight excluding hydrogens is 429 g/mol. The van der Waals surface area contributed by atoms with Crippen LogP contribution in [-0.4, -0.2) is 43.7 Å². The molecule has 0 bridgehead atoms. The van der Waals surface area contributed by atoms with Gasteiger partial charge in [0.2, 0.25) is 5.91 Å². The largest absolute Gasteiger partial charge is 0.369 e. The van der Waals surface area contributed by atoms with Gasteiger partial charge in [-0.3, -0.25) is 14.9 Å². The van der Waals surface area contributed by atoms with Crippen LogP contribution in [-0.2, 0) is 9.59 Å². The lowest BCUT2D eigenvalue weighted by atomic mass is 10.1. The lowest BCUT2D eigenvalue weighted by Gasteiger charge is -2.30. The molecule has 0 aliphatic carbocycles. The first-order valence-electron chi connectivity index (χ1n) is 9.18. The number of hydrogen-bond donors (Lipinski definition) is 2. The topological polar surface area (TPSA) is 61.4 Å². The molecule has 0 unspecified atom stereocenters. The Kier molecular flexibility index (Phi) is 8.00. The van der Waals surface area contributed by atoms with E-state index in [2.05, 4.69) is 21.6 Å². The maximum absolute atomic E-state index is 11.9. The minimum Gasteiger partial charge on any atom is -0.369 e. The Labute approximate surface area is 184 Å². The standard InChI is InChI=1S/C15H17N3O2S.C6H4Cl2/c19-14-10-21-13(15(20)17-14)9-11-3-1-2-4-12(11)18-7-5-16-6-8-18;7-5-3-1-2-4-6(5)8/h1-4,9,16H,5-8,10H2,(H,17,19,20);1-4H/b13-9-;. The molecular formula is C21H21Cl2N3O2S. The van der Waals surface area contributed by atoms with Crippen LogP contribution in [0.3, 0.4) is 0 Å². The Balaban J connectivity index is 0.000000252. The van der Waals surface area contributed by atoms with Crippen molar-refractivity contribution in [1.82, 2.24) is 10.6 Å². The maximum Gasteiger partial charge on any atom is 0.264 e. The molecule has 2 aromatic rings. The molecule has 0 radical (unpaired) electrons. The number of imide groups is 1. The fraction of sp³-hybridized carbons (Fsp3) is 0.238. The lowest BCUT2D eigenvalue weighted by molar-refractivity contribution is -0.126. The van der Waals surface area contributed by atoms with E-state index in [4.69, 9.17) is 23.2 Å². The number of anilines is 1. The van der Waals surface area contributed by atoms with Crippen molar-refractivity contribution in [3.05, 3.63) is 69.0 Å². The predicted molar refractivity (Wildman–Crippen MR) is 122 cm³/mol. The molecule has 2 saturated heterocycles. The Morgan fingerprint density at radius 2 is 1.55 bits per heavy atom. The number of nitrogens with zero attached hydrogens (tertiary/aromatic N) is 1. The van der Waals surface area contributed by atoms with Crippen molar-refractivity contribution in [2.75, 3.05) is 36.8 Å². The third-order valence-electron chi connectivity index (χ3n) is 4.34. The molecule has 5 nitrogen and oxygen atoms in total. The minimum atomic E-state index is -0.300. The number of nitrogens with one attached hydrogen (secondary N) is 2. The van der Waals surface area contributed by atoms with Crippen LogP contribution in [0.2, 0.25) is 10.0 Å². The number of rotatable bonds is 2. The van der Waals surface area contributed by atoms with Gasteiger partial charge in [-0.15, -0.1) is 11.8 Å². The van der Waals surface area contributed by atoms with Crippen molar-refractivity contribution in [3.63, 3.8) is 0 Å². The van der Waals surface area contributed by atoms with E-state index in [1.54, 1.807) is 12.1 Å². The van der Waals surface area contributed by atoms with Gasteiger partial charge in [-0.1, -0.05) is 53.5 Å². The number of carbonyl (C=O) groups excluding carboxylic acids is 2. The van der Waals surface area contributed by atoms with Gasteiger partial charge < -0.3 is 10.2 Å². The summed E-state index contributed by atoms with van der Waals surface area (Å²) in [5, 5.41) is 6.90. The highest BCUT2D eigenvalue weighted by Crippen LogP contribution is 2.28. The van der Waals surface area contributed by atoms with Crippen molar-refractivity contribution in [2.24, 2.45) is 0 Å². The van der Waals surface area contributed by atoms with Crippen molar-refractivity contribution >= 4 is 58.5 Å². The summed E-state index contributed by atoms with van der Waals surface area (Å²) in [7, 11) is 0. The van der Waals surface area contributed by atoms with Crippen LogP contribution in [0, 0.1) is 0 Å². The molecule has 0 saturated carbocycles. The third-order valence-corrected chi connectivity index (χ3v) is 6.12. The first-order valence-corrected chi connectivity index (χ1v) is 10.9. The smallest absolute Gasteiger partial charge is 0.264 e. The average Bonchev–Trinajstić information content (AvgIpc) is 2.74. The van der Waals surface area contributed by atoms with Crippen molar-refractivity contribution in [3.8, 4) is 0 Å². The van der Waals surface area contributed by atoms with E-state index in [9.17, 15) is 9.59 Å². The second-order valence-corrected chi connectivity index (χ2v) is 8.22. The molecule has 0 aromatic heterocycles. The van der Waals surface area contributed by atoms with Crippen LogP contribution in [0.25, 0.3) is 6.08 Å². The molecule has 2 heterocycles. The Morgan fingerprint density at radius 3 is 2.17 bits per heavy atom. The molecule has 0 spiro atoms. The van der Waals surface area contributed by atoms with Gasteiger partial charge in [-0.05, 0) is 29.8 Å². The van der Waals surface area contributed by atoms with Gasteiger partial charge in [0.1, 0.15) is 0 Å². The third kappa shape index (κ3) is 6.24.